The summed E-state index contributed by atoms with van der Waals surface area (Å²) in [6, 6.07) is 0. The lowest BCUT2D eigenvalue weighted by atomic mass is 10.0. The number of halogens is 1. The standard InChI is InChI=1S/C20H37ClO2/c1-2-23-20(22)18-16-14-12-10-8-6-4-3-5-7-9-11-13-15-17-19-21/h16,18H,2-15,17,19H2,1H3/b18-16+. The van der Waals surface area contributed by atoms with E-state index in [2.05, 4.69) is 0 Å². The molecule has 0 bridgehead atoms. The second-order valence-corrected chi connectivity index (χ2v) is 6.61. The predicted molar refractivity (Wildman–Crippen MR) is 101 cm³/mol. The highest BCUT2D eigenvalue weighted by Crippen LogP contribution is 2.13. The van der Waals surface area contributed by atoms with Crippen molar-refractivity contribution in [1.82, 2.24) is 0 Å². The number of carbonyl (C=O) groups excluding carboxylic acids is 1. The molecule has 0 aliphatic carbocycles. The Hall–Kier alpha value is -0.500. The van der Waals surface area contributed by atoms with Crippen molar-refractivity contribution in [3.8, 4) is 0 Å². The zero-order chi connectivity index (χ0) is 17.0. The second kappa shape index (κ2) is 19.5. The van der Waals surface area contributed by atoms with Gasteiger partial charge in [-0.05, 0) is 26.2 Å². The number of hydrogen-bond acceptors (Lipinski definition) is 2. The smallest absolute Gasteiger partial charge is 0.330 e. The van der Waals surface area contributed by atoms with Crippen LogP contribution in [0.4, 0.5) is 0 Å². The molecule has 0 saturated heterocycles. The number of unbranched alkanes of at least 4 members (excludes halogenated alkanes) is 13. The van der Waals surface area contributed by atoms with Gasteiger partial charge in [0.2, 0.25) is 0 Å². The van der Waals surface area contributed by atoms with Crippen molar-refractivity contribution in [2.24, 2.45) is 0 Å². The number of carbonyl (C=O) groups is 1. The fraction of sp³-hybridized carbons (Fsp3) is 0.850. The van der Waals surface area contributed by atoms with Gasteiger partial charge in [0.15, 0.2) is 0 Å². The van der Waals surface area contributed by atoms with E-state index in [9.17, 15) is 4.79 Å². The van der Waals surface area contributed by atoms with E-state index in [4.69, 9.17) is 16.3 Å². The third-order valence-corrected chi connectivity index (χ3v) is 4.31. The third-order valence-electron chi connectivity index (χ3n) is 4.04. The molecule has 2 nitrogen and oxygen atoms in total. The van der Waals surface area contributed by atoms with Gasteiger partial charge in [-0.3, -0.25) is 0 Å². The molecule has 0 spiro atoms. The van der Waals surface area contributed by atoms with Crippen molar-refractivity contribution in [1.29, 1.82) is 0 Å². The first-order chi connectivity index (χ1) is 11.3. The first kappa shape index (κ1) is 22.5. The molecule has 23 heavy (non-hydrogen) atoms. The molecule has 0 rings (SSSR count). The number of rotatable bonds is 17. The van der Waals surface area contributed by atoms with Crippen LogP contribution in [0.1, 0.15) is 96.8 Å². The van der Waals surface area contributed by atoms with Gasteiger partial charge < -0.3 is 4.74 Å². The summed E-state index contributed by atoms with van der Waals surface area (Å²) in [5, 5.41) is 0. The Bertz CT molecular complexity index is 277. The average Bonchev–Trinajstić information content (AvgIpc) is 2.54. The van der Waals surface area contributed by atoms with Crippen LogP contribution in [0.15, 0.2) is 12.2 Å². The number of ether oxygens (including phenoxy) is 1. The largest absolute Gasteiger partial charge is 0.463 e. The van der Waals surface area contributed by atoms with Crippen molar-refractivity contribution >= 4 is 17.6 Å². The Morgan fingerprint density at radius 2 is 1.22 bits per heavy atom. The molecule has 0 heterocycles. The van der Waals surface area contributed by atoms with Gasteiger partial charge in [0, 0.05) is 12.0 Å². The number of hydrogen-bond donors (Lipinski definition) is 0. The van der Waals surface area contributed by atoms with Gasteiger partial charge in [-0.1, -0.05) is 76.7 Å². The topological polar surface area (TPSA) is 26.3 Å². The van der Waals surface area contributed by atoms with Crippen LogP contribution in [0.5, 0.6) is 0 Å². The second-order valence-electron chi connectivity index (χ2n) is 6.23. The van der Waals surface area contributed by atoms with E-state index in [0.717, 1.165) is 12.3 Å². The Morgan fingerprint density at radius 1 is 0.783 bits per heavy atom. The summed E-state index contributed by atoms with van der Waals surface area (Å²) >= 11 is 5.66. The summed E-state index contributed by atoms with van der Waals surface area (Å²) in [7, 11) is 0. The molecule has 0 aromatic carbocycles. The van der Waals surface area contributed by atoms with Crippen LogP contribution in [-0.4, -0.2) is 18.5 Å². The van der Waals surface area contributed by atoms with Crippen molar-refractivity contribution in [3.05, 3.63) is 12.2 Å². The zero-order valence-electron chi connectivity index (χ0n) is 15.2. The summed E-state index contributed by atoms with van der Waals surface area (Å²) in [6.45, 7) is 2.28. The van der Waals surface area contributed by atoms with E-state index in [-0.39, 0.29) is 5.97 Å². The predicted octanol–water partition coefficient (Wildman–Crippen LogP) is 6.81. The van der Waals surface area contributed by atoms with Crippen LogP contribution >= 0.6 is 11.6 Å². The minimum atomic E-state index is -0.216. The fourth-order valence-electron chi connectivity index (χ4n) is 2.67. The lowest BCUT2D eigenvalue weighted by Crippen LogP contribution is -1.98. The summed E-state index contributed by atoms with van der Waals surface area (Å²) in [6.07, 6.45) is 21.8. The maximum Gasteiger partial charge on any atom is 0.330 e. The highest BCUT2D eigenvalue weighted by atomic mass is 35.5. The van der Waals surface area contributed by atoms with Crippen molar-refractivity contribution in [2.45, 2.75) is 96.8 Å². The van der Waals surface area contributed by atoms with E-state index in [1.54, 1.807) is 6.08 Å². The summed E-state index contributed by atoms with van der Waals surface area (Å²) < 4.78 is 4.84. The molecule has 0 aliphatic rings. The molecule has 0 radical (unpaired) electrons. The Labute approximate surface area is 149 Å². The van der Waals surface area contributed by atoms with E-state index in [1.807, 2.05) is 13.0 Å². The normalized spacial score (nSPS) is 11.2. The lowest BCUT2D eigenvalue weighted by Gasteiger charge is -2.02. The summed E-state index contributed by atoms with van der Waals surface area (Å²) in [5.41, 5.74) is 0. The van der Waals surface area contributed by atoms with Crippen molar-refractivity contribution in [2.75, 3.05) is 12.5 Å². The lowest BCUT2D eigenvalue weighted by molar-refractivity contribution is -0.137. The number of alkyl halides is 1. The van der Waals surface area contributed by atoms with Gasteiger partial charge in [0.25, 0.3) is 0 Å². The Kier molecular flexibility index (Phi) is 19.1. The van der Waals surface area contributed by atoms with E-state index in [0.29, 0.717) is 6.61 Å². The molecule has 0 aliphatic heterocycles. The Morgan fingerprint density at radius 3 is 1.65 bits per heavy atom. The fourth-order valence-corrected chi connectivity index (χ4v) is 2.86. The molecule has 0 atom stereocenters. The molecule has 0 saturated carbocycles. The molecule has 0 N–H and O–H groups in total. The minimum Gasteiger partial charge on any atom is -0.463 e. The maximum atomic E-state index is 11.1. The third kappa shape index (κ3) is 19.5. The van der Waals surface area contributed by atoms with Crippen molar-refractivity contribution < 1.29 is 9.53 Å². The Balaban J connectivity index is 3.09. The van der Waals surface area contributed by atoms with Gasteiger partial charge >= 0.3 is 5.97 Å². The van der Waals surface area contributed by atoms with Gasteiger partial charge in [-0.15, -0.1) is 11.6 Å². The van der Waals surface area contributed by atoms with Gasteiger partial charge in [-0.2, -0.15) is 0 Å². The van der Waals surface area contributed by atoms with Crippen LogP contribution in [0.25, 0.3) is 0 Å². The van der Waals surface area contributed by atoms with Gasteiger partial charge in [-0.25, -0.2) is 4.79 Å². The molecule has 0 aromatic rings. The summed E-state index contributed by atoms with van der Waals surface area (Å²) in [5.74, 6) is 0.605. The average molecular weight is 345 g/mol. The molecular formula is C20H37ClO2. The first-order valence-corrected chi connectivity index (χ1v) is 10.2. The molecule has 0 amide bonds. The van der Waals surface area contributed by atoms with Gasteiger partial charge in [0.05, 0.1) is 6.61 Å². The minimum absolute atomic E-state index is 0.216. The highest BCUT2D eigenvalue weighted by molar-refractivity contribution is 6.17. The van der Waals surface area contributed by atoms with Crippen LogP contribution in [-0.2, 0) is 9.53 Å². The first-order valence-electron chi connectivity index (χ1n) is 9.70. The quantitative estimate of drug-likeness (QED) is 0.125. The molecular weight excluding hydrogens is 308 g/mol. The van der Waals surface area contributed by atoms with Crippen molar-refractivity contribution in [3.63, 3.8) is 0 Å². The molecule has 0 aromatic heterocycles. The molecule has 136 valence electrons. The number of esters is 1. The van der Waals surface area contributed by atoms with E-state index >= 15 is 0 Å². The molecule has 0 unspecified atom stereocenters. The van der Waals surface area contributed by atoms with Crippen LogP contribution in [0, 0.1) is 0 Å². The van der Waals surface area contributed by atoms with Gasteiger partial charge in [0.1, 0.15) is 0 Å². The van der Waals surface area contributed by atoms with Crippen LogP contribution in [0.3, 0.4) is 0 Å². The summed E-state index contributed by atoms with van der Waals surface area (Å²) in [4.78, 5) is 11.1. The molecule has 0 fully saturated rings. The maximum absolute atomic E-state index is 11.1. The number of allylic oxidation sites excluding steroid dienone is 1. The van der Waals surface area contributed by atoms with Crippen LogP contribution in [0.2, 0.25) is 0 Å². The monoisotopic (exact) mass is 344 g/mol. The molecule has 3 heteroatoms. The van der Waals surface area contributed by atoms with Crippen LogP contribution < -0.4 is 0 Å². The van der Waals surface area contributed by atoms with E-state index in [1.165, 1.54) is 83.5 Å². The van der Waals surface area contributed by atoms with E-state index < -0.39 is 0 Å². The zero-order valence-corrected chi connectivity index (χ0v) is 15.9. The highest BCUT2D eigenvalue weighted by Gasteiger charge is 1.95. The SMILES string of the molecule is CCOC(=O)/C=C/CCCCCCCCCCCCCCCCl.